The largest absolute Gasteiger partial charge is 0.416 e. The van der Waals surface area contributed by atoms with Gasteiger partial charge in [0, 0.05) is 23.5 Å². The zero-order valence-electron chi connectivity index (χ0n) is 9.61. The number of carbonyl (C=O) groups is 1. The maximum Gasteiger partial charge on any atom is 0.416 e. The van der Waals surface area contributed by atoms with E-state index in [1.54, 1.807) is 0 Å². The fourth-order valence-corrected chi connectivity index (χ4v) is 1.70. The summed E-state index contributed by atoms with van der Waals surface area (Å²) in [6, 6.07) is 6.04. The van der Waals surface area contributed by atoms with Crippen molar-refractivity contribution >= 4 is 5.91 Å². The van der Waals surface area contributed by atoms with Crippen molar-refractivity contribution in [2.45, 2.75) is 6.18 Å². The van der Waals surface area contributed by atoms with E-state index in [4.69, 9.17) is 5.73 Å². The summed E-state index contributed by atoms with van der Waals surface area (Å²) in [6.07, 6.45) is -1.77. The van der Waals surface area contributed by atoms with Crippen LogP contribution in [0.5, 0.6) is 0 Å². The van der Waals surface area contributed by atoms with Gasteiger partial charge >= 0.3 is 6.18 Å². The Labute approximate surface area is 106 Å². The summed E-state index contributed by atoms with van der Waals surface area (Å²) in [5.74, 6) is -0.713. The molecule has 3 nitrogen and oxygen atoms in total. The molecule has 2 aromatic rings. The third kappa shape index (κ3) is 2.73. The SMILES string of the molecule is NC(=O)c1ccncc1-c1cccc(C(F)(F)F)c1. The summed E-state index contributed by atoms with van der Waals surface area (Å²) >= 11 is 0. The number of pyridine rings is 1. The average Bonchev–Trinajstić information content (AvgIpc) is 2.38. The molecule has 1 heterocycles. The fourth-order valence-electron chi connectivity index (χ4n) is 1.70. The highest BCUT2D eigenvalue weighted by Crippen LogP contribution is 2.32. The van der Waals surface area contributed by atoms with Crippen molar-refractivity contribution in [3.8, 4) is 11.1 Å². The molecule has 0 spiro atoms. The number of nitrogens with zero attached hydrogens (tertiary/aromatic N) is 1. The normalized spacial score (nSPS) is 11.3. The van der Waals surface area contributed by atoms with Crippen LogP contribution in [0.1, 0.15) is 15.9 Å². The molecule has 1 aromatic carbocycles. The quantitative estimate of drug-likeness (QED) is 0.908. The van der Waals surface area contributed by atoms with Gasteiger partial charge in [-0.15, -0.1) is 0 Å². The van der Waals surface area contributed by atoms with Gasteiger partial charge < -0.3 is 5.73 Å². The van der Waals surface area contributed by atoms with E-state index < -0.39 is 17.6 Å². The highest BCUT2D eigenvalue weighted by Gasteiger charge is 2.30. The number of amides is 1. The van der Waals surface area contributed by atoms with Gasteiger partial charge in [-0.25, -0.2) is 0 Å². The van der Waals surface area contributed by atoms with Crippen molar-refractivity contribution in [1.82, 2.24) is 4.98 Å². The lowest BCUT2D eigenvalue weighted by Gasteiger charge is -2.10. The summed E-state index contributed by atoms with van der Waals surface area (Å²) in [7, 11) is 0. The minimum Gasteiger partial charge on any atom is -0.366 e. The summed E-state index contributed by atoms with van der Waals surface area (Å²) in [4.78, 5) is 15.1. The van der Waals surface area contributed by atoms with E-state index in [2.05, 4.69) is 4.98 Å². The summed E-state index contributed by atoms with van der Waals surface area (Å²) in [5, 5.41) is 0. The van der Waals surface area contributed by atoms with E-state index in [0.29, 0.717) is 0 Å². The van der Waals surface area contributed by atoms with Gasteiger partial charge in [-0.3, -0.25) is 9.78 Å². The Balaban J connectivity index is 2.57. The molecule has 0 saturated heterocycles. The molecule has 0 saturated carbocycles. The fraction of sp³-hybridized carbons (Fsp3) is 0.0769. The second kappa shape index (κ2) is 4.72. The van der Waals surface area contributed by atoms with E-state index in [1.807, 2.05) is 0 Å². The highest BCUT2D eigenvalue weighted by molar-refractivity contribution is 5.99. The molecule has 0 unspecified atom stereocenters. The molecule has 0 atom stereocenters. The molecule has 1 aromatic heterocycles. The number of hydrogen-bond acceptors (Lipinski definition) is 2. The average molecular weight is 266 g/mol. The number of primary amides is 1. The van der Waals surface area contributed by atoms with E-state index in [9.17, 15) is 18.0 Å². The molecular formula is C13H9F3N2O. The number of rotatable bonds is 2. The van der Waals surface area contributed by atoms with Crippen molar-refractivity contribution in [1.29, 1.82) is 0 Å². The zero-order valence-corrected chi connectivity index (χ0v) is 9.61. The predicted molar refractivity (Wildman–Crippen MR) is 63.2 cm³/mol. The Morgan fingerprint density at radius 3 is 2.58 bits per heavy atom. The minimum atomic E-state index is -4.44. The molecule has 0 aliphatic heterocycles. The van der Waals surface area contributed by atoms with Crippen LogP contribution in [0.2, 0.25) is 0 Å². The lowest BCUT2D eigenvalue weighted by atomic mass is 10.00. The van der Waals surface area contributed by atoms with Crippen LogP contribution < -0.4 is 5.73 Å². The predicted octanol–water partition coefficient (Wildman–Crippen LogP) is 2.87. The van der Waals surface area contributed by atoms with Crippen LogP contribution in [0, 0.1) is 0 Å². The van der Waals surface area contributed by atoms with Crippen molar-refractivity contribution in [3.05, 3.63) is 53.9 Å². The second-order valence-corrected chi connectivity index (χ2v) is 3.86. The monoisotopic (exact) mass is 266 g/mol. The van der Waals surface area contributed by atoms with Gasteiger partial charge in [0.05, 0.1) is 5.56 Å². The molecule has 19 heavy (non-hydrogen) atoms. The van der Waals surface area contributed by atoms with Crippen LogP contribution >= 0.6 is 0 Å². The Kier molecular flexibility index (Phi) is 3.25. The third-order valence-electron chi connectivity index (χ3n) is 2.59. The molecule has 0 aliphatic carbocycles. The Morgan fingerprint density at radius 1 is 1.21 bits per heavy atom. The van der Waals surface area contributed by atoms with Crippen LogP contribution in [0.3, 0.4) is 0 Å². The van der Waals surface area contributed by atoms with Crippen LogP contribution in [0.25, 0.3) is 11.1 Å². The van der Waals surface area contributed by atoms with Crippen molar-refractivity contribution in [2.24, 2.45) is 5.73 Å². The number of hydrogen-bond donors (Lipinski definition) is 1. The van der Waals surface area contributed by atoms with Crippen molar-refractivity contribution < 1.29 is 18.0 Å². The lowest BCUT2D eigenvalue weighted by molar-refractivity contribution is -0.137. The van der Waals surface area contributed by atoms with Crippen LogP contribution in [0.4, 0.5) is 13.2 Å². The van der Waals surface area contributed by atoms with E-state index in [1.165, 1.54) is 30.6 Å². The van der Waals surface area contributed by atoms with Crippen LogP contribution in [0.15, 0.2) is 42.7 Å². The lowest BCUT2D eigenvalue weighted by Crippen LogP contribution is -2.12. The molecule has 0 radical (unpaired) electrons. The Bertz CT molecular complexity index is 623. The molecule has 0 fully saturated rings. The number of alkyl halides is 3. The first-order valence-corrected chi connectivity index (χ1v) is 5.31. The number of benzene rings is 1. The van der Waals surface area contributed by atoms with Gasteiger partial charge in [0.15, 0.2) is 0 Å². The van der Waals surface area contributed by atoms with Gasteiger partial charge in [0.2, 0.25) is 5.91 Å². The first-order valence-electron chi connectivity index (χ1n) is 5.31. The zero-order chi connectivity index (χ0) is 14.0. The maximum atomic E-state index is 12.6. The summed E-state index contributed by atoms with van der Waals surface area (Å²) in [6.45, 7) is 0. The number of carbonyl (C=O) groups excluding carboxylic acids is 1. The standard InChI is InChI=1S/C13H9F3N2O/c14-13(15,16)9-3-1-2-8(6-9)11-7-18-5-4-10(11)12(17)19/h1-7H,(H2,17,19). The molecule has 98 valence electrons. The molecule has 2 rings (SSSR count). The van der Waals surface area contributed by atoms with Gasteiger partial charge in [-0.05, 0) is 23.8 Å². The molecular weight excluding hydrogens is 257 g/mol. The molecule has 0 aliphatic rings. The minimum absolute atomic E-state index is 0.134. The number of halogens is 3. The van der Waals surface area contributed by atoms with Gasteiger partial charge in [-0.2, -0.15) is 13.2 Å². The molecule has 2 N–H and O–H groups in total. The third-order valence-corrected chi connectivity index (χ3v) is 2.59. The highest BCUT2D eigenvalue weighted by atomic mass is 19.4. The first kappa shape index (κ1) is 13.1. The van der Waals surface area contributed by atoms with Gasteiger partial charge in [-0.1, -0.05) is 12.1 Å². The Hall–Kier alpha value is -2.37. The Morgan fingerprint density at radius 2 is 1.95 bits per heavy atom. The van der Waals surface area contributed by atoms with Crippen molar-refractivity contribution in [2.75, 3.05) is 0 Å². The molecule has 6 heteroatoms. The van der Waals surface area contributed by atoms with Gasteiger partial charge in [0.25, 0.3) is 0 Å². The van der Waals surface area contributed by atoms with Crippen molar-refractivity contribution in [3.63, 3.8) is 0 Å². The maximum absolute atomic E-state index is 12.6. The second-order valence-electron chi connectivity index (χ2n) is 3.86. The van der Waals surface area contributed by atoms with E-state index in [0.717, 1.165) is 12.1 Å². The van der Waals surface area contributed by atoms with E-state index >= 15 is 0 Å². The van der Waals surface area contributed by atoms with Gasteiger partial charge in [0.1, 0.15) is 0 Å². The van der Waals surface area contributed by atoms with Crippen LogP contribution in [-0.4, -0.2) is 10.9 Å². The van der Waals surface area contributed by atoms with Crippen LogP contribution in [-0.2, 0) is 6.18 Å². The summed E-state index contributed by atoms with van der Waals surface area (Å²) in [5.41, 5.74) is 5.06. The van der Waals surface area contributed by atoms with E-state index in [-0.39, 0.29) is 16.7 Å². The number of aromatic nitrogens is 1. The molecule has 1 amide bonds. The topological polar surface area (TPSA) is 56.0 Å². The smallest absolute Gasteiger partial charge is 0.366 e. The first-order chi connectivity index (χ1) is 8.89. The summed E-state index contributed by atoms with van der Waals surface area (Å²) < 4.78 is 37.9. The molecule has 0 bridgehead atoms. The number of nitrogens with two attached hydrogens (primary N) is 1.